The highest BCUT2D eigenvalue weighted by molar-refractivity contribution is 7.98. The van der Waals surface area contributed by atoms with Crippen molar-refractivity contribution >= 4 is 44.7 Å². The molecule has 4 aromatic heterocycles. The van der Waals surface area contributed by atoms with Crippen molar-refractivity contribution in [2.75, 3.05) is 6.61 Å². The molecule has 6 nitrogen and oxygen atoms in total. The molecule has 1 saturated heterocycles. The number of thiazole rings is 1. The number of rotatable bonds is 6. The highest BCUT2D eigenvalue weighted by Crippen LogP contribution is 2.35. The van der Waals surface area contributed by atoms with E-state index in [1.807, 2.05) is 22.8 Å². The van der Waals surface area contributed by atoms with Crippen LogP contribution in [0, 0.1) is 0 Å². The summed E-state index contributed by atoms with van der Waals surface area (Å²) in [4.78, 5) is 30.1. The normalized spacial score (nSPS) is 18.1. The van der Waals surface area contributed by atoms with Gasteiger partial charge in [0.15, 0.2) is 5.16 Å². The van der Waals surface area contributed by atoms with E-state index in [9.17, 15) is 4.79 Å². The third-order valence-corrected chi connectivity index (χ3v) is 9.34. The first-order valence-corrected chi connectivity index (χ1v) is 14.1. The number of aryl methyl sites for hydroxylation is 2. The van der Waals surface area contributed by atoms with Crippen molar-refractivity contribution in [3.63, 3.8) is 0 Å². The third kappa shape index (κ3) is 4.27. The van der Waals surface area contributed by atoms with Gasteiger partial charge in [0.05, 0.1) is 29.4 Å². The van der Waals surface area contributed by atoms with Gasteiger partial charge in [-0.15, -0.1) is 22.7 Å². The maximum Gasteiger partial charge on any atom is 0.263 e. The summed E-state index contributed by atoms with van der Waals surface area (Å²) in [5.41, 5.74) is 3.22. The zero-order valence-corrected chi connectivity index (χ0v) is 20.6. The summed E-state index contributed by atoms with van der Waals surface area (Å²) >= 11 is 4.90. The number of aromatic nitrogens is 4. The van der Waals surface area contributed by atoms with Crippen molar-refractivity contribution in [2.45, 2.75) is 62.1 Å². The molecular weight excluding hydrogens is 472 g/mol. The fourth-order valence-corrected chi connectivity index (χ4v) is 7.71. The summed E-state index contributed by atoms with van der Waals surface area (Å²) in [5, 5.41) is 4.61. The van der Waals surface area contributed by atoms with Crippen LogP contribution < -0.4 is 5.56 Å². The lowest BCUT2D eigenvalue weighted by atomic mass is 9.97. The van der Waals surface area contributed by atoms with E-state index in [0.29, 0.717) is 12.3 Å². The topological polar surface area (TPSA) is 69.9 Å². The van der Waals surface area contributed by atoms with Crippen LogP contribution in [0.3, 0.4) is 0 Å². The van der Waals surface area contributed by atoms with Gasteiger partial charge < -0.3 is 4.74 Å². The predicted molar refractivity (Wildman–Crippen MR) is 134 cm³/mol. The number of hydrogen-bond donors (Lipinski definition) is 0. The molecule has 1 atom stereocenters. The van der Waals surface area contributed by atoms with Crippen LogP contribution in [-0.2, 0) is 29.9 Å². The molecule has 1 aliphatic carbocycles. The molecule has 4 aromatic rings. The minimum Gasteiger partial charge on any atom is -0.376 e. The summed E-state index contributed by atoms with van der Waals surface area (Å²) in [5.74, 6) is 0.665. The lowest BCUT2D eigenvalue weighted by Crippen LogP contribution is -2.29. The van der Waals surface area contributed by atoms with E-state index < -0.39 is 0 Å². The van der Waals surface area contributed by atoms with E-state index in [-0.39, 0.29) is 11.7 Å². The van der Waals surface area contributed by atoms with E-state index in [4.69, 9.17) is 14.7 Å². The summed E-state index contributed by atoms with van der Waals surface area (Å²) in [6, 6.07) is 5.86. The Morgan fingerprint density at radius 1 is 1.18 bits per heavy atom. The Labute approximate surface area is 204 Å². The van der Waals surface area contributed by atoms with E-state index in [0.717, 1.165) is 70.5 Å². The molecule has 1 unspecified atom stereocenters. The van der Waals surface area contributed by atoms with Crippen molar-refractivity contribution in [2.24, 2.45) is 0 Å². The molecule has 0 aromatic carbocycles. The smallest absolute Gasteiger partial charge is 0.263 e. The summed E-state index contributed by atoms with van der Waals surface area (Å²) < 4.78 is 7.75. The zero-order chi connectivity index (χ0) is 22.2. The number of thiophene rings is 1. The van der Waals surface area contributed by atoms with E-state index >= 15 is 0 Å². The average Bonchev–Trinajstić information content (AvgIpc) is 3.60. The van der Waals surface area contributed by atoms with Crippen LogP contribution in [0.25, 0.3) is 20.9 Å². The molecule has 5 heterocycles. The molecule has 0 amide bonds. The first kappa shape index (κ1) is 21.5. The van der Waals surface area contributed by atoms with E-state index in [1.165, 1.54) is 16.9 Å². The Balaban J connectivity index is 1.33. The highest BCUT2D eigenvalue weighted by atomic mass is 32.2. The Hall–Kier alpha value is -2.07. The maximum atomic E-state index is 13.7. The van der Waals surface area contributed by atoms with Crippen LogP contribution in [-0.4, -0.2) is 32.2 Å². The lowest BCUT2D eigenvalue weighted by Gasteiger charge is -2.16. The van der Waals surface area contributed by atoms with Gasteiger partial charge in [-0.2, -0.15) is 0 Å². The van der Waals surface area contributed by atoms with Crippen LogP contribution in [0.5, 0.6) is 0 Å². The molecule has 9 heteroatoms. The summed E-state index contributed by atoms with van der Waals surface area (Å²) in [6.07, 6.45) is 8.35. The molecule has 0 bridgehead atoms. The maximum absolute atomic E-state index is 13.7. The first-order valence-electron chi connectivity index (χ1n) is 11.4. The molecule has 6 rings (SSSR count). The van der Waals surface area contributed by atoms with Crippen LogP contribution in [0.2, 0.25) is 0 Å². The van der Waals surface area contributed by atoms with Crippen molar-refractivity contribution in [1.82, 2.24) is 19.5 Å². The van der Waals surface area contributed by atoms with Crippen molar-refractivity contribution in [3.05, 3.63) is 56.3 Å². The van der Waals surface area contributed by atoms with Gasteiger partial charge in [-0.25, -0.2) is 9.97 Å². The molecule has 0 spiro atoms. The number of ether oxygens (including phenoxy) is 1. The highest BCUT2D eigenvalue weighted by Gasteiger charge is 2.25. The summed E-state index contributed by atoms with van der Waals surface area (Å²) in [6.45, 7) is 1.35. The molecule has 0 N–H and O–H groups in total. The minimum atomic E-state index is 0.0887. The van der Waals surface area contributed by atoms with E-state index in [2.05, 4.69) is 10.4 Å². The van der Waals surface area contributed by atoms with Gasteiger partial charge in [-0.1, -0.05) is 17.8 Å². The molecule has 170 valence electrons. The van der Waals surface area contributed by atoms with Crippen molar-refractivity contribution < 1.29 is 4.74 Å². The standard InChI is InChI=1S/C24H24N4O2S3/c29-23-20-17-7-1-2-9-19(17)33-22(20)27-24(28(23)12-16-6-5-11-30-16)32-14-15-13-31-21(26-15)18-8-3-4-10-25-18/h3-4,8,10,13,16H,1-2,5-7,9,11-12,14H2. The molecule has 0 radical (unpaired) electrons. The number of fused-ring (bicyclic) bond motifs is 3. The van der Waals surface area contributed by atoms with E-state index in [1.54, 1.807) is 40.6 Å². The third-order valence-electron chi connectivity index (χ3n) is 6.23. The molecular formula is C24H24N4O2S3. The van der Waals surface area contributed by atoms with Gasteiger partial charge in [0.1, 0.15) is 9.84 Å². The lowest BCUT2D eigenvalue weighted by molar-refractivity contribution is 0.0937. The molecule has 2 aliphatic rings. The average molecular weight is 497 g/mol. The minimum absolute atomic E-state index is 0.0887. The fraction of sp³-hybridized carbons (Fsp3) is 0.417. The Kier molecular flexibility index (Phi) is 6.04. The van der Waals surface area contributed by atoms with Gasteiger partial charge in [0.2, 0.25) is 0 Å². The summed E-state index contributed by atoms with van der Waals surface area (Å²) in [7, 11) is 0. The van der Waals surface area contributed by atoms with Crippen molar-refractivity contribution in [3.8, 4) is 10.7 Å². The van der Waals surface area contributed by atoms with Gasteiger partial charge in [-0.05, 0) is 56.2 Å². The van der Waals surface area contributed by atoms with Crippen molar-refractivity contribution in [1.29, 1.82) is 0 Å². The SMILES string of the molecule is O=c1c2c3c(sc2nc(SCc2csc(-c4ccccn4)n2)n1CC1CCCO1)CCCC3. The number of nitrogens with zero attached hydrogens (tertiary/aromatic N) is 4. The second-order valence-corrected chi connectivity index (χ2v) is 11.4. The van der Waals surface area contributed by atoms with Crippen LogP contribution in [0.15, 0.2) is 39.7 Å². The van der Waals surface area contributed by atoms with Crippen LogP contribution >= 0.6 is 34.4 Å². The fourth-order valence-electron chi connectivity index (χ4n) is 4.60. The number of hydrogen-bond acceptors (Lipinski definition) is 8. The quantitative estimate of drug-likeness (QED) is 0.266. The number of pyridine rings is 1. The largest absolute Gasteiger partial charge is 0.376 e. The molecule has 33 heavy (non-hydrogen) atoms. The Bertz CT molecular complexity index is 1340. The van der Waals surface area contributed by atoms with Crippen LogP contribution in [0.1, 0.15) is 41.8 Å². The molecule has 1 aliphatic heterocycles. The van der Waals surface area contributed by atoms with Gasteiger partial charge >= 0.3 is 0 Å². The zero-order valence-electron chi connectivity index (χ0n) is 18.2. The molecule has 0 saturated carbocycles. The van der Waals surface area contributed by atoms with Gasteiger partial charge in [0, 0.05) is 28.8 Å². The monoisotopic (exact) mass is 496 g/mol. The number of thioether (sulfide) groups is 1. The van der Waals surface area contributed by atoms with Crippen LogP contribution in [0.4, 0.5) is 0 Å². The van der Waals surface area contributed by atoms with Gasteiger partial charge in [-0.3, -0.25) is 14.3 Å². The Morgan fingerprint density at radius 3 is 2.97 bits per heavy atom. The predicted octanol–water partition coefficient (Wildman–Crippen LogP) is 5.33. The van der Waals surface area contributed by atoms with Gasteiger partial charge in [0.25, 0.3) is 5.56 Å². The second kappa shape index (κ2) is 9.29. The molecule has 1 fully saturated rings. The Morgan fingerprint density at radius 2 is 2.12 bits per heavy atom. The first-order chi connectivity index (χ1) is 16.3. The second-order valence-electron chi connectivity index (χ2n) is 8.48.